The number of nitrogens with one attached hydrogen (secondary N) is 1. The van der Waals surface area contributed by atoms with Crippen LogP contribution in [0.15, 0.2) is 36.5 Å². The van der Waals surface area contributed by atoms with E-state index in [1.165, 1.54) is 6.92 Å². The smallest absolute Gasteiger partial charge is 0.221 e. The number of carbonyl (C=O) groups is 1. The number of aromatic nitrogens is 1. The van der Waals surface area contributed by atoms with Gasteiger partial charge < -0.3 is 11.1 Å². The molecular weight excluding hydrogens is 250 g/mol. The molecule has 92 valence electrons. The van der Waals surface area contributed by atoms with E-state index in [1.807, 2.05) is 18.2 Å². The molecule has 2 aromatic rings. The van der Waals surface area contributed by atoms with Gasteiger partial charge >= 0.3 is 0 Å². The largest absolute Gasteiger partial charge is 0.397 e. The molecule has 18 heavy (non-hydrogen) atoms. The van der Waals surface area contributed by atoms with Crippen LogP contribution in [0.5, 0.6) is 0 Å². The zero-order chi connectivity index (χ0) is 13.1. The number of nitrogens with zero attached hydrogens (tertiary/aromatic N) is 1. The third-order valence-corrected chi connectivity index (χ3v) is 2.70. The predicted molar refractivity (Wildman–Crippen MR) is 73.4 cm³/mol. The molecule has 1 heterocycles. The minimum Gasteiger partial charge on any atom is -0.397 e. The molecule has 1 aromatic heterocycles. The molecule has 4 nitrogen and oxygen atoms in total. The number of nitrogen functional groups attached to an aromatic ring is 1. The molecule has 0 aliphatic heterocycles. The molecule has 1 aromatic carbocycles. The van der Waals surface area contributed by atoms with Crippen molar-refractivity contribution < 1.29 is 4.79 Å². The van der Waals surface area contributed by atoms with Gasteiger partial charge in [-0.15, -0.1) is 0 Å². The SMILES string of the molecule is CC(=O)Nc1cc(Cl)c(-c2ccccn2)cc1N. The van der Waals surface area contributed by atoms with Crippen molar-refractivity contribution in [3.05, 3.63) is 41.6 Å². The maximum atomic E-state index is 11.0. The maximum absolute atomic E-state index is 11.0. The molecule has 0 bridgehead atoms. The Morgan fingerprint density at radius 1 is 1.39 bits per heavy atom. The molecule has 0 saturated carbocycles. The normalized spacial score (nSPS) is 10.1. The lowest BCUT2D eigenvalue weighted by Crippen LogP contribution is -2.08. The lowest BCUT2D eigenvalue weighted by atomic mass is 10.1. The van der Waals surface area contributed by atoms with Crippen molar-refractivity contribution in [3.63, 3.8) is 0 Å². The average Bonchev–Trinajstić information content (AvgIpc) is 2.34. The van der Waals surface area contributed by atoms with Gasteiger partial charge in [-0.1, -0.05) is 17.7 Å². The van der Waals surface area contributed by atoms with Gasteiger partial charge in [-0.3, -0.25) is 9.78 Å². The van der Waals surface area contributed by atoms with Crippen LogP contribution in [0.3, 0.4) is 0 Å². The van der Waals surface area contributed by atoms with E-state index in [-0.39, 0.29) is 5.91 Å². The maximum Gasteiger partial charge on any atom is 0.221 e. The second-order valence-corrected chi connectivity index (χ2v) is 4.22. The van der Waals surface area contributed by atoms with Crippen LogP contribution >= 0.6 is 11.6 Å². The molecule has 2 rings (SSSR count). The highest BCUT2D eigenvalue weighted by Gasteiger charge is 2.10. The zero-order valence-electron chi connectivity index (χ0n) is 9.77. The van der Waals surface area contributed by atoms with E-state index in [1.54, 1.807) is 18.3 Å². The summed E-state index contributed by atoms with van der Waals surface area (Å²) < 4.78 is 0. The van der Waals surface area contributed by atoms with Crippen LogP contribution in [-0.2, 0) is 4.79 Å². The van der Waals surface area contributed by atoms with Gasteiger partial charge in [0, 0.05) is 18.7 Å². The summed E-state index contributed by atoms with van der Waals surface area (Å²) in [5.74, 6) is -0.191. The summed E-state index contributed by atoms with van der Waals surface area (Å²) in [6, 6.07) is 8.87. The van der Waals surface area contributed by atoms with Gasteiger partial charge in [-0.25, -0.2) is 0 Å². The Kier molecular flexibility index (Phi) is 3.48. The Morgan fingerprint density at radius 2 is 2.17 bits per heavy atom. The fourth-order valence-electron chi connectivity index (χ4n) is 1.61. The fourth-order valence-corrected chi connectivity index (χ4v) is 1.87. The lowest BCUT2D eigenvalue weighted by molar-refractivity contribution is -0.114. The number of nitrogens with two attached hydrogens (primary N) is 1. The number of anilines is 2. The van der Waals surface area contributed by atoms with Gasteiger partial charge in [0.1, 0.15) is 0 Å². The second kappa shape index (κ2) is 5.06. The summed E-state index contributed by atoms with van der Waals surface area (Å²) in [6.45, 7) is 1.42. The number of benzene rings is 1. The standard InChI is InChI=1S/C13H12ClN3O/c1-8(18)17-13-7-10(14)9(6-11(13)15)12-4-2-3-5-16-12/h2-7H,15H2,1H3,(H,17,18). The Balaban J connectivity index is 2.46. The number of rotatable bonds is 2. The van der Waals surface area contributed by atoms with Crippen LogP contribution < -0.4 is 11.1 Å². The third-order valence-electron chi connectivity index (χ3n) is 2.39. The predicted octanol–water partition coefficient (Wildman–Crippen LogP) is 2.94. The highest BCUT2D eigenvalue weighted by atomic mass is 35.5. The molecule has 0 atom stereocenters. The first-order chi connectivity index (χ1) is 8.58. The highest BCUT2D eigenvalue weighted by Crippen LogP contribution is 2.33. The van der Waals surface area contributed by atoms with Crippen LogP contribution in [0.4, 0.5) is 11.4 Å². The van der Waals surface area contributed by atoms with Crippen LogP contribution in [0.1, 0.15) is 6.92 Å². The van der Waals surface area contributed by atoms with Crippen molar-refractivity contribution in [2.45, 2.75) is 6.92 Å². The number of carbonyl (C=O) groups excluding carboxylic acids is 1. The summed E-state index contributed by atoms with van der Waals surface area (Å²) in [4.78, 5) is 15.2. The van der Waals surface area contributed by atoms with Crippen molar-refractivity contribution in [1.29, 1.82) is 0 Å². The van der Waals surface area contributed by atoms with E-state index in [4.69, 9.17) is 17.3 Å². The number of hydrogen-bond acceptors (Lipinski definition) is 3. The first-order valence-corrected chi connectivity index (χ1v) is 5.73. The van der Waals surface area contributed by atoms with Crippen LogP contribution in [0.2, 0.25) is 5.02 Å². The molecular formula is C13H12ClN3O. The molecule has 0 radical (unpaired) electrons. The molecule has 0 unspecified atom stereocenters. The molecule has 0 aliphatic carbocycles. The Labute approximate surface area is 110 Å². The monoisotopic (exact) mass is 261 g/mol. The summed E-state index contributed by atoms with van der Waals surface area (Å²) >= 11 is 6.17. The summed E-state index contributed by atoms with van der Waals surface area (Å²) in [6.07, 6.45) is 1.68. The molecule has 5 heteroatoms. The molecule has 1 amide bonds. The van der Waals surface area contributed by atoms with Crippen molar-refractivity contribution in [1.82, 2.24) is 4.98 Å². The number of halogens is 1. The zero-order valence-corrected chi connectivity index (χ0v) is 10.5. The first kappa shape index (κ1) is 12.4. The Hall–Kier alpha value is -2.07. The number of hydrogen-bond donors (Lipinski definition) is 2. The van der Waals surface area contributed by atoms with Gasteiger partial charge in [0.05, 0.1) is 22.1 Å². The van der Waals surface area contributed by atoms with Gasteiger partial charge in [-0.2, -0.15) is 0 Å². The summed E-state index contributed by atoms with van der Waals surface area (Å²) in [7, 11) is 0. The summed E-state index contributed by atoms with van der Waals surface area (Å²) in [5.41, 5.74) is 8.31. The van der Waals surface area contributed by atoms with Crippen LogP contribution in [0.25, 0.3) is 11.3 Å². The molecule has 3 N–H and O–H groups in total. The van der Waals surface area contributed by atoms with Crippen molar-refractivity contribution in [3.8, 4) is 11.3 Å². The number of amides is 1. The summed E-state index contributed by atoms with van der Waals surface area (Å²) in [5, 5.41) is 3.12. The van der Waals surface area contributed by atoms with Crippen molar-refractivity contribution >= 4 is 28.9 Å². The van der Waals surface area contributed by atoms with Gasteiger partial charge in [-0.05, 0) is 24.3 Å². The van der Waals surface area contributed by atoms with E-state index < -0.39 is 0 Å². The highest BCUT2D eigenvalue weighted by molar-refractivity contribution is 6.33. The van der Waals surface area contributed by atoms with E-state index >= 15 is 0 Å². The molecule has 0 saturated heterocycles. The minimum atomic E-state index is -0.191. The van der Waals surface area contributed by atoms with Crippen LogP contribution in [-0.4, -0.2) is 10.9 Å². The van der Waals surface area contributed by atoms with Gasteiger partial charge in [0.2, 0.25) is 5.91 Å². The van der Waals surface area contributed by atoms with Gasteiger partial charge in [0.15, 0.2) is 0 Å². The van der Waals surface area contributed by atoms with Gasteiger partial charge in [0.25, 0.3) is 0 Å². The van der Waals surface area contributed by atoms with E-state index in [0.717, 1.165) is 11.3 Å². The average molecular weight is 262 g/mol. The molecule has 0 fully saturated rings. The Morgan fingerprint density at radius 3 is 2.78 bits per heavy atom. The third kappa shape index (κ3) is 2.60. The lowest BCUT2D eigenvalue weighted by Gasteiger charge is -2.10. The van der Waals surface area contributed by atoms with Crippen LogP contribution in [0, 0.1) is 0 Å². The van der Waals surface area contributed by atoms with Crippen molar-refractivity contribution in [2.24, 2.45) is 0 Å². The number of pyridine rings is 1. The molecule has 0 aliphatic rings. The first-order valence-electron chi connectivity index (χ1n) is 5.36. The second-order valence-electron chi connectivity index (χ2n) is 3.82. The van der Waals surface area contributed by atoms with Crippen molar-refractivity contribution in [2.75, 3.05) is 11.1 Å². The van der Waals surface area contributed by atoms with E-state index in [0.29, 0.717) is 16.4 Å². The Bertz CT molecular complexity index is 584. The molecule has 0 spiro atoms. The quantitative estimate of drug-likeness (QED) is 0.817. The van der Waals surface area contributed by atoms with E-state index in [9.17, 15) is 4.79 Å². The topological polar surface area (TPSA) is 68.0 Å². The minimum absolute atomic E-state index is 0.191. The fraction of sp³-hybridized carbons (Fsp3) is 0.0769. The van der Waals surface area contributed by atoms with E-state index in [2.05, 4.69) is 10.3 Å².